The van der Waals surface area contributed by atoms with Gasteiger partial charge in [0.2, 0.25) is 0 Å². The molecule has 13 N–H and O–H groups in total. The third-order valence-corrected chi connectivity index (χ3v) is 26.5. The van der Waals surface area contributed by atoms with Crippen molar-refractivity contribution in [1.29, 1.82) is 0 Å². The summed E-state index contributed by atoms with van der Waals surface area (Å²) < 4.78 is 6.06. The van der Waals surface area contributed by atoms with Crippen molar-refractivity contribution in [2.24, 2.45) is 110 Å². The summed E-state index contributed by atoms with van der Waals surface area (Å²) in [5.74, 6) is 3.78. The van der Waals surface area contributed by atoms with E-state index in [1.165, 1.54) is 27.2 Å². The van der Waals surface area contributed by atoms with E-state index in [2.05, 4.69) is 47.1 Å². The van der Waals surface area contributed by atoms with E-state index in [1.54, 1.807) is 31.2 Å². The Balaban J connectivity index is 1.03. The van der Waals surface area contributed by atoms with Crippen molar-refractivity contribution in [2.45, 2.75) is 159 Å². The van der Waals surface area contributed by atoms with Crippen LogP contribution >= 0.6 is 21.6 Å². The molecule has 2 aliphatic heterocycles. The molecule has 2 saturated heterocycles. The van der Waals surface area contributed by atoms with Crippen LogP contribution in [0.25, 0.3) is 0 Å². The molecule has 2 aromatic rings. The number of nitrogens with two attached hydrogens (primary N) is 2. The fourth-order valence-electron chi connectivity index (χ4n) is 20.4. The highest BCUT2D eigenvalue weighted by Crippen LogP contribution is 2.73. The largest absolute Gasteiger partial charge is 0.508 e. The van der Waals surface area contributed by atoms with Gasteiger partial charge in [-0.2, -0.15) is 0 Å². The maximum absolute atomic E-state index is 16.2. The number of ether oxygens (including phenoxy) is 1. The number of carbonyl (C=O) groups is 3. The molecule has 84 heavy (non-hydrogen) atoms. The van der Waals surface area contributed by atoms with Crippen LogP contribution in [-0.4, -0.2) is 131 Å². The van der Waals surface area contributed by atoms with Gasteiger partial charge in [-0.05, 0) is 171 Å². The second kappa shape index (κ2) is 23.0. The number of phenols is 1. The van der Waals surface area contributed by atoms with Crippen LogP contribution < -0.4 is 16.8 Å². The zero-order valence-electron chi connectivity index (χ0n) is 49.1. The number of esters is 1. The molecule has 0 radical (unpaired) electrons. The Morgan fingerprint density at radius 2 is 1.69 bits per heavy atom. The summed E-state index contributed by atoms with van der Waals surface area (Å²) in [5.41, 5.74) is 9.57. The minimum atomic E-state index is -1.96. The first-order valence-corrected chi connectivity index (χ1v) is 33.9. The van der Waals surface area contributed by atoms with Gasteiger partial charge in [-0.25, -0.2) is 0 Å². The van der Waals surface area contributed by atoms with Crippen molar-refractivity contribution in [2.75, 3.05) is 31.3 Å². The van der Waals surface area contributed by atoms with Gasteiger partial charge >= 0.3 is 5.97 Å². The van der Waals surface area contributed by atoms with E-state index in [4.69, 9.17) is 16.2 Å². The molecule has 18 heteroatoms. The summed E-state index contributed by atoms with van der Waals surface area (Å²) in [5, 5.41) is 91.0. The highest BCUT2D eigenvalue weighted by Gasteiger charge is 2.75. The standard InChI is InChI=1S/C66H89N5O11S2/c1-33-8-9-36-24-37-12-15-43-42(45-30-82-61(79)53(45)39-17-20-69-28-39)7-5-6-38-26-66(81)56-47(16-18-65(66,19-21-70-62(67)68)60(38)64(4,80)51(76)23-34(2)52(37)54(43)44(36)22-33)63(3)27-50(75)58(77)46-32-84-83-31-40(35-10-13-41(73)14-11-35)25-49(74)48(29-72)71-57(56)59(78)55(46)63/h10-11,13-14,17,20,24,28,33-34,37-38,40,42-48,50-55,58,60,69,71-73,75-77,80-81H,6,8-9,12,15-16,18-19,21-23,25-27,29-32H2,1-4H3,(H4,67,68,70). The first-order chi connectivity index (χ1) is 40.1. The van der Waals surface area contributed by atoms with Gasteiger partial charge in [0, 0.05) is 84.2 Å². The molecule has 24 atom stereocenters. The molecule has 0 spiro atoms. The minimum absolute atomic E-state index is 0.00856. The number of nitrogens with zero attached hydrogens (tertiary/aromatic N) is 1. The van der Waals surface area contributed by atoms with E-state index in [0.29, 0.717) is 41.8 Å². The number of benzene rings is 1. The summed E-state index contributed by atoms with van der Waals surface area (Å²) in [7, 11) is 2.99. The number of phenolic OH excluding ortho intramolecular Hbond substituents is 1. The van der Waals surface area contributed by atoms with Gasteiger partial charge in [0.25, 0.3) is 0 Å². The number of nitrogens with one attached hydrogen (secondary N) is 2. The molecule has 0 amide bonds. The lowest BCUT2D eigenvalue weighted by Crippen LogP contribution is -2.67. The summed E-state index contributed by atoms with van der Waals surface area (Å²) in [6.07, 6.45) is 8.98. The highest BCUT2D eigenvalue weighted by atomic mass is 33.1. The molecular weight excluding hydrogens is 1100 g/mol. The van der Waals surface area contributed by atoms with Crippen LogP contribution in [0.2, 0.25) is 0 Å². The summed E-state index contributed by atoms with van der Waals surface area (Å²) in [4.78, 5) is 52.9. The van der Waals surface area contributed by atoms with E-state index in [9.17, 15) is 45.3 Å². The summed E-state index contributed by atoms with van der Waals surface area (Å²) >= 11 is 0. The van der Waals surface area contributed by atoms with Gasteiger partial charge in [0.1, 0.15) is 11.8 Å². The number of aliphatic hydroxyl groups is 6. The van der Waals surface area contributed by atoms with E-state index in [1.807, 2.05) is 25.4 Å². The number of carbonyl (C=O) groups excluding carboxylic acids is 3. The van der Waals surface area contributed by atoms with E-state index in [-0.39, 0.29) is 128 Å². The molecule has 1 aromatic heterocycles. The molecule has 6 bridgehead atoms. The SMILES string of the molecule is CC1CCC2=CC3CCC4C(C5COC(=O)C5c5cc[nH]c5)C#CCC5CC6(O)C7=C8NC(CO)C(=O)CC(c9ccc(O)cc9)CSSCC9C(O)C(O)CC(C)(C7CCC6(CCN=C(N)N)C5C(C)(O)C(O)CC(C)C3C4C2C1)C9C8=O. The van der Waals surface area contributed by atoms with Gasteiger partial charge in [-0.3, -0.25) is 19.4 Å². The lowest BCUT2D eigenvalue weighted by molar-refractivity contribution is -0.194. The normalized spacial score (nSPS) is 45.7. The van der Waals surface area contributed by atoms with Crippen molar-refractivity contribution < 1.29 is 54.9 Å². The number of allylic oxidation sites excluding steroid dienone is 3. The van der Waals surface area contributed by atoms with Gasteiger partial charge < -0.3 is 62.3 Å². The van der Waals surface area contributed by atoms with E-state index < -0.39 is 94.3 Å². The quantitative estimate of drug-likeness (QED) is 0.0353. The fourth-order valence-corrected chi connectivity index (χ4v) is 23.2. The molecule has 456 valence electrons. The van der Waals surface area contributed by atoms with Gasteiger partial charge in [0.15, 0.2) is 17.5 Å². The van der Waals surface area contributed by atoms with Crippen LogP contribution in [-0.2, 0) is 19.1 Å². The molecule has 24 unspecified atom stereocenters. The van der Waals surface area contributed by atoms with Crippen LogP contribution in [0.3, 0.4) is 0 Å². The zero-order valence-corrected chi connectivity index (χ0v) is 50.7. The number of aliphatic hydroxyl groups excluding tert-OH is 4. The Hall–Kier alpha value is -4.32. The van der Waals surface area contributed by atoms with Crippen LogP contribution in [0, 0.1) is 106 Å². The lowest BCUT2D eigenvalue weighted by Gasteiger charge is -2.63. The lowest BCUT2D eigenvalue weighted by atomic mass is 9.43. The number of guanidine groups is 1. The number of aromatic nitrogens is 1. The van der Waals surface area contributed by atoms with Crippen LogP contribution in [0.1, 0.15) is 134 Å². The number of H-pyrrole nitrogens is 1. The zero-order chi connectivity index (χ0) is 59.4. The Bertz CT molecular complexity index is 2990. The number of aromatic hydroxyl groups is 1. The van der Waals surface area contributed by atoms with Gasteiger partial charge in [-0.15, -0.1) is 5.92 Å². The van der Waals surface area contributed by atoms with Crippen molar-refractivity contribution >= 4 is 45.1 Å². The number of fused-ring (bicyclic) bond motifs is 8. The monoisotopic (exact) mass is 1190 g/mol. The maximum atomic E-state index is 16.2. The topological polar surface area (TPSA) is 294 Å². The molecule has 7 fully saturated rings. The third-order valence-electron chi connectivity index (χ3n) is 23.9. The molecule has 10 aliphatic rings. The molecular formula is C66H89N5O11S2. The van der Waals surface area contributed by atoms with Crippen molar-refractivity contribution in [3.63, 3.8) is 0 Å². The molecule has 16 nitrogen and oxygen atoms in total. The third kappa shape index (κ3) is 9.91. The average Bonchev–Trinajstić information content (AvgIpc) is 1.35. The number of ketones is 2. The molecule has 1 aromatic carbocycles. The predicted octanol–water partition coefficient (Wildman–Crippen LogP) is 6.49. The average molecular weight is 1190 g/mol. The fraction of sp³-hybridized carbons (Fsp3) is 0.697. The maximum Gasteiger partial charge on any atom is 0.313 e. The highest BCUT2D eigenvalue weighted by molar-refractivity contribution is 8.76. The summed E-state index contributed by atoms with van der Waals surface area (Å²) in [6, 6.07) is 7.36. The van der Waals surface area contributed by atoms with Gasteiger partial charge in [-0.1, -0.05) is 72.1 Å². The Kier molecular flexibility index (Phi) is 16.4. The van der Waals surface area contributed by atoms with Crippen molar-refractivity contribution in [3.8, 4) is 17.6 Å². The van der Waals surface area contributed by atoms with Crippen LogP contribution in [0.4, 0.5) is 0 Å². The van der Waals surface area contributed by atoms with E-state index >= 15 is 4.79 Å². The number of hydrogen-bond acceptors (Lipinski definition) is 15. The van der Waals surface area contributed by atoms with Crippen LogP contribution in [0.5, 0.6) is 5.75 Å². The molecule has 12 rings (SSSR count). The number of cyclic esters (lactones) is 1. The Morgan fingerprint density at radius 1 is 0.917 bits per heavy atom. The number of Topliss-reactive ketones (excluding diaryl/α,β-unsaturated/α-hetero) is 2. The number of aliphatic imine (C=N–C) groups is 1. The number of aromatic amines is 1. The Morgan fingerprint density at radius 3 is 2.43 bits per heavy atom. The van der Waals surface area contributed by atoms with Gasteiger partial charge in [0.05, 0.1) is 54.3 Å². The minimum Gasteiger partial charge on any atom is -0.508 e. The molecule has 5 saturated carbocycles. The second-order valence-corrected chi connectivity index (χ2v) is 30.8. The predicted molar refractivity (Wildman–Crippen MR) is 322 cm³/mol. The van der Waals surface area contributed by atoms with Crippen molar-refractivity contribution in [3.05, 3.63) is 76.8 Å². The Labute approximate surface area is 502 Å². The second-order valence-electron chi connectivity index (χ2n) is 28.3. The van der Waals surface area contributed by atoms with E-state index in [0.717, 1.165) is 43.2 Å². The van der Waals surface area contributed by atoms with Crippen molar-refractivity contribution in [1.82, 2.24) is 10.3 Å². The van der Waals surface area contributed by atoms with Crippen LogP contribution in [0.15, 0.2) is 70.6 Å². The number of rotatable bonds is 7. The number of hydrogen-bond donors (Lipinski definition) is 11. The molecule has 8 aliphatic carbocycles. The first kappa shape index (κ1) is 60.0. The first-order valence-electron chi connectivity index (χ1n) is 31.4. The summed E-state index contributed by atoms with van der Waals surface area (Å²) in [6.45, 7) is 7.90. The smallest absolute Gasteiger partial charge is 0.313 e. The molecule has 3 heterocycles.